The van der Waals surface area contributed by atoms with Gasteiger partial charge in [0.15, 0.2) is 5.56 Å². The minimum absolute atomic E-state index is 0.00334. The average Bonchev–Trinajstić information content (AvgIpc) is 2.99. The van der Waals surface area contributed by atoms with E-state index in [2.05, 4.69) is 72.4 Å². The first-order chi connectivity index (χ1) is 19.3. The molecule has 0 aromatic heterocycles. The number of ether oxygens (including phenoxy) is 1. The number of anilines is 2. The van der Waals surface area contributed by atoms with Crippen molar-refractivity contribution in [3.63, 3.8) is 0 Å². The third kappa shape index (κ3) is 5.22. The van der Waals surface area contributed by atoms with Crippen molar-refractivity contribution in [2.75, 3.05) is 23.9 Å². The minimum Gasteiger partial charge on any atom is -0.372 e. The molecule has 1 saturated heterocycles. The zero-order valence-corrected chi connectivity index (χ0v) is 24.1. The van der Waals surface area contributed by atoms with E-state index >= 15 is 0 Å². The van der Waals surface area contributed by atoms with Crippen molar-refractivity contribution < 1.29 is 17.7 Å². The van der Waals surface area contributed by atoms with E-state index in [1.807, 2.05) is 24.3 Å². The van der Waals surface area contributed by atoms with Crippen LogP contribution < -0.4 is 9.80 Å². The van der Waals surface area contributed by atoms with Gasteiger partial charge >= 0.3 is 10.1 Å². The van der Waals surface area contributed by atoms with Crippen LogP contribution in [-0.2, 0) is 14.9 Å². The van der Waals surface area contributed by atoms with Crippen LogP contribution in [0.25, 0.3) is 0 Å². The molecule has 3 aromatic carbocycles. The number of hydrogen-bond donors (Lipinski definition) is 1. The van der Waals surface area contributed by atoms with E-state index in [-0.39, 0.29) is 28.9 Å². The zero-order valence-electron chi connectivity index (χ0n) is 23.3. The molecule has 210 valence electrons. The van der Waals surface area contributed by atoms with E-state index in [9.17, 15) is 13.0 Å². The lowest BCUT2D eigenvalue weighted by atomic mass is 9.61. The molecule has 3 aromatic rings. The highest BCUT2D eigenvalue weighted by atomic mass is 32.2. The van der Waals surface area contributed by atoms with Crippen LogP contribution in [0.5, 0.6) is 0 Å². The molecule has 6 nitrogen and oxygen atoms in total. The first kappa shape index (κ1) is 27.2. The molecule has 1 N–H and O–H groups in total. The Morgan fingerprint density at radius 2 is 1.15 bits per heavy atom. The summed E-state index contributed by atoms with van der Waals surface area (Å²) in [5, 5.41) is 0. The summed E-state index contributed by atoms with van der Waals surface area (Å²) < 4.78 is 42.2. The number of fused-ring (bicyclic) bond motifs is 2. The lowest BCUT2D eigenvalue weighted by molar-refractivity contribution is -0.129. The number of para-hydroxylation sites is 2. The second-order valence-electron chi connectivity index (χ2n) is 11.7. The molecule has 40 heavy (non-hydrogen) atoms. The van der Waals surface area contributed by atoms with Crippen molar-refractivity contribution in [1.29, 1.82) is 0 Å². The number of nitrogens with zero attached hydrogens (tertiary/aromatic N) is 2. The fraction of sp³-hybridized carbons (Fsp3) is 0.424. The topological polar surface area (TPSA) is 70.1 Å². The number of rotatable bonds is 6. The van der Waals surface area contributed by atoms with Crippen LogP contribution in [0.4, 0.5) is 11.4 Å². The average molecular weight is 560 g/mol. The van der Waals surface area contributed by atoms with E-state index in [4.69, 9.17) is 4.74 Å². The third-order valence-electron chi connectivity index (χ3n) is 9.57. The molecule has 7 heteroatoms. The molecule has 6 rings (SSSR count). The zero-order chi connectivity index (χ0) is 27.9. The van der Waals surface area contributed by atoms with E-state index in [0.29, 0.717) is 17.6 Å². The third-order valence-corrected chi connectivity index (χ3v) is 10.5. The molecule has 2 aliphatic carbocycles. The quantitative estimate of drug-likeness (QED) is 0.285. The maximum atomic E-state index is 12.5. The van der Waals surface area contributed by atoms with Crippen LogP contribution in [0, 0.1) is 17.8 Å². The second-order valence-corrected chi connectivity index (χ2v) is 13.1. The van der Waals surface area contributed by atoms with Gasteiger partial charge in [-0.15, -0.1) is 0 Å². The van der Waals surface area contributed by atoms with Crippen molar-refractivity contribution in [3.05, 3.63) is 96.4 Å². The smallest absolute Gasteiger partial charge is 0.342 e. The number of hydrogen-bond acceptors (Lipinski definition) is 5. The Balaban J connectivity index is 1.32. The monoisotopic (exact) mass is 559 g/mol. The Labute approximate surface area is 238 Å². The Morgan fingerprint density at radius 3 is 1.62 bits per heavy atom. The molecule has 6 unspecified atom stereocenters. The molecule has 0 spiro atoms. The summed E-state index contributed by atoms with van der Waals surface area (Å²) in [6, 6.07) is 28.7. The van der Waals surface area contributed by atoms with Gasteiger partial charge in [0.1, 0.15) is 0 Å². The van der Waals surface area contributed by atoms with Gasteiger partial charge in [0, 0.05) is 55.6 Å². The second kappa shape index (κ2) is 11.1. The van der Waals surface area contributed by atoms with Crippen LogP contribution in [-0.4, -0.2) is 51.4 Å². The van der Waals surface area contributed by atoms with Crippen molar-refractivity contribution in [2.24, 2.45) is 11.8 Å². The van der Waals surface area contributed by atoms with E-state index < -0.39 is 10.1 Å². The van der Waals surface area contributed by atoms with Gasteiger partial charge < -0.3 is 14.5 Å². The maximum absolute atomic E-state index is 12.5. The predicted molar refractivity (Wildman–Crippen MR) is 159 cm³/mol. The molecule has 0 radical (unpaired) electrons. The highest BCUT2D eigenvalue weighted by molar-refractivity contribution is 7.85. The molecule has 6 atom stereocenters. The van der Waals surface area contributed by atoms with Gasteiger partial charge in [-0.25, -0.2) is 0 Å². The molecule has 3 aliphatic rings. The van der Waals surface area contributed by atoms with E-state index in [1.54, 1.807) is 12.1 Å². The normalized spacial score (nSPS) is 28.3. The van der Waals surface area contributed by atoms with Gasteiger partial charge in [-0.1, -0.05) is 36.4 Å². The van der Waals surface area contributed by atoms with E-state index in [1.165, 1.54) is 17.3 Å². The Kier molecular flexibility index (Phi) is 7.55. The van der Waals surface area contributed by atoms with Gasteiger partial charge in [-0.2, -0.15) is 8.42 Å². The van der Waals surface area contributed by atoms with Crippen LogP contribution in [0.15, 0.2) is 89.8 Å². The Bertz CT molecular complexity index is 1330. The minimum atomic E-state index is -4.36. The molecule has 0 bridgehead atoms. The standard InChI is InChI=1S/C33H38N2O4S/c1-34(23-11-5-3-6-12-23)25-17-19-27-30(21-25)39-31-22-26(35(2)24-13-7-4-8-14-24)18-20-28(31)33(27)29-15-9-10-16-32(29)40(36,37)38/h3-16,25-28,30-31H,17-22H2,1-2H3/p+1. The van der Waals surface area contributed by atoms with Crippen LogP contribution in [0.3, 0.4) is 0 Å². The summed E-state index contributed by atoms with van der Waals surface area (Å²) in [5.74, 6) is 1.44. The summed E-state index contributed by atoms with van der Waals surface area (Å²) >= 11 is 0. The van der Waals surface area contributed by atoms with Gasteiger partial charge in [0.25, 0.3) is 0 Å². The molecular weight excluding hydrogens is 520 g/mol. The molecule has 0 amide bonds. The molecular formula is C33H39N2O4S+. The summed E-state index contributed by atoms with van der Waals surface area (Å²) in [7, 11) is -0.0323. The van der Waals surface area contributed by atoms with Gasteiger partial charge in [0.2, 0.25) is 4.90 Å². The molecule has 1 heterocycles. The number of benzene rings is 3. The van der Waals surface area contributed by atoms with E-state index in [0.717, 1.165) is 38.5 Å². The van der Waals surface area contributed by atoms with Crippen LogP contribution in [0.1, 0.15) is 44.1 Å². The van der Waals surface area contributed by atoms with Crippen LogP contribution in [0.2, 0.25) is 0 Å². The summed E-state index contributed by atoms with van der Waals surface area (Å²) in [6.45, 7) is 0. The van der Waals surface area contributed by atoms with Crippen molar-refractivity contribution >= 4 is 21.5 Å². The van der Waals surface area contributed by atoms with Crippen LogP contribution >= 0.6 is 0 Å². The first-order valence-electron chi connectivity index (χ1n) is 14.5. The Morgan fingerprint density at radius 1 is 0.700 bits per heavy atom. The lowest BCUT2D eigenvalue weighted by Gasteiger charge is -2.52. The van der Waals surface area contributed by atoms with Crippen molar-refractivity contribution in [2.45, 2.75) is 67.7 Å². The first-order valence-corrected chi connectivity index (χ1v) is 15.9. The highest BCUT2D eigenvalue weighted by Crippen LogP contribution is 2.53. The van der Waals surface area contributed by atoms with Gasteiger partial charge in [0.05, 0.1) is 24.0 Å². The highest BCUT2D eigenvalue weighted by Gasteiger charge is 2.55. The van der Waals surface area contributed by atoms with Crippen molar-refractivity contribution in [3.8, 4) is 0 Å². The largest absolute Gasteiger partial charge is 0.372 e. The van der Waals surface area contributed by atoms with Gasteiger partial charge in [-0.3, -0.25) is 4.55 Å². The summed E-state index contributed by atoms with van der Waals surface area (Å²) in [5.41, 5.74) is 3.08. The molecule has 3 fully saturated rings. The maximum Gasteiger partial charge on any atom is 0.342 e. The van der Waals surface area contributed by atoms with Crippen molar-refractivity contribution in [1.82, 2.24) is 0 Å². The van der Waals surface area contributed by atoms with Gasteiger partial charge in [-0.05, 0) is 74.9 Å². The molecule has 2 saturated carbocycles. The fourth-order valence-electron chi connectivity index (χ4n) is 7.51. The molecule has 1 aliphatic heterocycles. The lowest BCUT2D eigenvalue weighted by Crippen LogP contribution is -2.55. The fourth-order valence-corrected chi connectivity index (χ4v) is 8.22. The summed E-state index contributed by atoms with van der Waals surface area (Å²) in [4.78, 5) is 4.76. The SMILES string of the molecule is CN(c1ccccc1)C1CCC2[C+](c3ccccc3S(=O)(=O)O)C3CCC(N(C)c4ccccc4)CC3OC2C1. The summed E-state index contributed by atoms with van der Waals surface area (Å²) in [6.07, 6.45) is 5.63. The predicted octanol–water partition coefficient (Wildman–Crippen LogP) is 6.23. The Hall–Kier alpha value is -3.00.